The molecule has 5 nitrogen and oxygen atoms in total. The van der Waals surface area contributed by atoms with E-state index in [-0.39, 0.29) is 0 Å². The van der Waals surface area contributed by atoms with Crippen molar-refractivity contribution in [2.45, 2.75) is 6.92 Å². The highest BCUT2D eigenvalue weighted by molar-refractivity contribution is 6.13. The molecule has 12 aromatic carbocycles. The Bertz CT molecular complexity index is 4830. The van der Waals surface area contributed by atoms with Crippen molar-refractivity contribution < 1.29 is 0 Å². The SMILES string of the molecule is Cc1ccccc1-c1ccc2c(c1)c1ccccc1n2-c1c(-c2cccc(-n3c4ccccc4c4ccccc43)c2)cc(-c2nc(-c3ccccc3)cc(-c3ccccc3)n2)cc1-c1cccc(-n2c3ccccc3c3ccccc32)c1. The number of benzene rings is 12. The highest BCUT2D eigenvalue weighted by atomic mass is 15.0. The molecule has 0 N–H and O–H groups in total. The largest absolute Gasteiger partial charge is 0.309 e. The van der Waals surface area contributed by atoms with E-state index in [1.54, 1.807) is 0 Å². The van der Waals surface area contributed by atoms with Crippen LogP contribution >= 0.6 is 0 Å². The average molecular weight is 1050 g/mol. The summed E-state index contributed by atoms with van der Waals surface area (Å²) in [5, 5.41) is 7.24. The zero-order valence-corrected chi connectivity index (χ0v) is 44.9. The summed E-state index contributed by atoms with van der Waals surface area (Å²) in [4.78, 5) is 11.1. The summed E-state index contributed by atoms with van der Waals surface area (Å²) in [6, 6.07) is 106. The van der Waals surface area contributed by atoms with Crippen LogP contribution in [0.15, 0.2) is 291 Å². The number of rotatable bonds is 9. The van der Waals surface area contributed by atoms with Crippen LogP contribution in [0.4, 0.5) is 0 Å². The lowest BCUT2D eigenvalue weighted by atomic mass is 9.91. The number of aromatic nitrogens is 5. The first kappa shape index (κ1) is 47.1. The molecular weight excluding hydrogens is 995 g/mol. The van der Waals surface area contributed by atoms with Crippen molar-refractivity contribution in [2.75, 3.05) is 0 Å². The van der Waals surface area contributed by atoms with Crippen molar-refractivity contribution in [1.82, 2.24) is 23.7 Å². The lowest BCUT2D eigenvalue weighted by Crippen LogP contribution is -2.04. The predicted molar refractivity (Wildman–Crippen MR) is 342 cm³/mol. The van der Waals surface area contributed by atoms with Gasteiger partial charge in [-0.2, -0.15) is 0 Å². The van der Waals surface area contributed by atoms with Gasteiger partial charge in [-0.1, -0.05) is 206 Å². The molecule has 0 aliphatic rings. The van der Waals surface area contributed by atoms with Crippen LogP contribution in [0.2, 0.25) is 0 Å². The molecule has 5 heteroatoms. The lowest BCUT2D eigenvalue weighted by Gasteiger charge is -2.22. The van der Waals surface area contributed by atoms with Crippen molar-refractivity contribution in [3.8, 4) is 84.3 Å². The van der Waals surface area contributed by atoms with E-state index in [4.69, 9.17) is 9.97 Å². The molecule has 16 rings (SSSR count). The fourth-order valence-electron chi connectivity index (χ4n) is 12.8. The minimum Gasteiger partial charge on any atom is -0.309 e. The van der Waals surface area contributed by atoms with Crippen LogP contribution in [0.25, 0.3) is 150 Å². The van der Waals surface area contributed by atoms with Crippen molar-refractivity contribution in [1.29, 1.82) is 0 Å². The Balaban J connectivity index is 1.04. The second-order valence-corrected chi connectivity index (χ2v) is 21.4. The molecule has 16 aromatic rings. The molecule has 0 fully saturated rings. The first-order chi connectivity index (χ1) is 40.6. The highest BCUT2D eigenvalue weighted by Gasteiger charge is 2.25. The van der Waals surface area contributed by atoms with Crippen molar-refractivity contribution in [2.24, 2.45) is 0 Å². The van der Waals surface area contributed by atoms with E-state index < -0.39 is 0 Å². The van der Waals surface area contributed by atoms with Crippen LogP contribution in [-0.2, 0) is 0 Å². The molecule has 0 amide bonds. The topological polar surface area (TPSA) is 40.6 Å². The number of aryl methyl sites for hydroxylation is 1. The Morgan fingerprint density at radius 1 is 0.244 bits per heavy atom. The summed E-state index contributed by atoms with van der Waals surface area (Å²) in [6.45, 7) is 2.20. The molecule has 82 heavy (non-hydrogen) atoms. The van der Waals surface area contributed by atoms with Gasteiger partial charge in [0.2, 0.25) is 0 Å². The summed E-state index contributed by atoms with van der Waals surface area (Å²) in [5.41, 5.74) is 22.5. The van der Waals surface area contributed by atoms with Crippen molar-refractivity contribution in [3.63, 3.8) is 0 Å². The predicted octanol–water partition coefficient (Wildman–Crippen LogP) is 20.1. The molecule has 384 valence electrons. The van der Waals surface area contributed by atoms with Gasteiger partial charge in [0.05, 0.1) is 50.2 Å². The highest BCUT2D eigenvalue weighted by Crippen LogP contribution is 2.46. The molecule has 0 saturated carbocycles. The summed E-state index contributed by atoms with van der Waals surface area (Å²) >= 11 is 0. The Kier molecular flexibility index (Phi) is 11.0. The Labute approximate surface area is 474 Å². The van der Waals surface area contributed by atoms with E-state index in [9.17, 15) is 0 Å². The maximum Gasteiger partial charge on any atom is 0.160 e. The Morgan fingerprint density at radius 2 is 0.622 bits per heavy atom. The smallest absolute Gasteiger partial charge is 0.160 e. The summed E-state index contributed by atoms with van der Waals surface area (Å²) in [5.74, 6) is 0.636. The van der Waals surface area contributed by atoms with Gasteiger partial charge in [-0.15, -0.1) is 0 Å². The molecule has 0 atom stereocenters. The monoisotopic (exact) mass is 1050 g/mol. The molecule has 0 unspecified atom stereocenters. The van der Waals surface area contributed by atoms with Gasteiger partial charge in [0.15, 0.2) is 5.82 Å². The van der Waals surface area contributed by atoms with Crippen LogP contribution in [-0.4, -0.2) is 23.7 Å². The van der Waals surface area contributed by atoms with E-state index in [0.29, 0.717) is 5.82 Å². The molecule has 0 bridgehead atoms. The minimum absolute atomic E-state index is 0.636. The standard InChI is InChI=1S/C77H51N5/c1-50-22-8-9-31-59(50)55-42-43-75-67(46-55)64-36-14-19-41-74(64)82(75)76-65(53-27-20-29-57(44-53)80-70-37-15-10-32-60(70)61-33-11-16-38-71(61)80)47-56(77-78-68(51-23-4-2-5-24-51)49-69(79-77)52-25-6-3-7-26-52)48-66(76)54-28-21-30-58(45-54)81-72-39-17-12-34-62(72)63-35-13-18-40-73(63)81/h2-49H,1H3. The molecular formula is C77H51N5. The zero-order chi connectivity index (χ0) is 54.3. The van der Waals surface area contributed by atoms with Crippen molar-refractivity contribution >= 4 is 65.4 Å². The first-order valence-electron chi connectivity index (χ1n) is 28.1. The van der Waals surface area contributed by atoms with Gasteiger partial charge in [0.1, 0.15) is 0 Å². The Morgan fingerprint density at radius 3 is 1.10 bits per heavy atom. The van der Waals surface area contributed by atoms with Gasteiger partial charge in [-0.3, -0.25) is 0 Å². The van der Waals surface area contributed by atoms with Gasteiger partial charge in [-0.25, -0.2) is 9.97 Å². The number of para-hydroxylation sites is 5. The number of fused-ring (bicyclic) bond motifs is 9. The Hall–Kier alpha value is -10.9. The third kappa shape index (κ3) is 7.70. The van der Waals surface area contributed by atoms with Gasteiger partial charge in [0.25, 0.3) is 0 Å². The van der Waals surface area contributed by atoms with E-state index in [2.05, 4.69) is 312 Å². The average Bonchev–Trinajstić information content (AvgIpc) is 4.40. The third-order valence-electron chi connectivity index (χ3n) is 16.6. The second kappa shape index (κ2) is 19.2. The van der Waals surface area contributed by atoms with E-state index in [0.717, 1.165) is 100 Å². The molecule has 4 heterocycles. The van der Waals surface area contributed by atoms with Crippen LogP contribution in [0, 0.1) is 6.92 Å². The third-order valence-corrected chi connectivity index (χ3v) is 16.6. The summed E-state index contributed by atoms with van der Waals surface area (Å²) in [6.07, 6.45) is 0. The molecule has 0 radical (unpaired) electrons. The molecule has 4 aromatic heterocycles. The summed E-state index contributed by atoms with van der Waals surface area (Å²) < 4.78 is 7.36. The summed E-state index contributed by atoms with van der Waals surface area (Å²) in [7, 11) is 0. The van der Waals surface area contributed by atoms with Gasteiger partial charge < -0.3 is 13.7 Å². The number of nitrogens with zero attached hydrogens (tertiary/aromatic N) is 5. The molecule has 0 saturated heterocycles. The fraction of sp³-hybridized carbons (Fsp3) is 0.0130. The number of hydrogen-bond donors (Lipinski definition) is 0. The van der Waals surface area contributed by atoms with Crippen LogP contribution in [0.3, 0.4) is 0 Å². The first-order valence-corrected chi connectivity index (χ1v) is 28.1. The van der Waals surface area contributed by atoms with Gasteiger partial charge >= 0.3 is 0 Å². The van der Waals surface area contributed by atoms with Crippen LogP contribution < -0.4 is 0 Å². The van der Waals surface area contributed by atoms with Crippen LogP contribution in [0.5, 0.6) is 0 Å². The molecule has 0 spiro atoms. The number of hydrogen-bond acceptors (Lipinski definition) is 2. The lowest BCUT2D eigenvalue weighted by molar-refractivity contribution is 1.16. The van der Waals surface area contributed by atoms with E-state index in [1.807, 2.05) is 0 Å². The maximum atomic E-state index is 5.53. The second-order valence-electron chi connectivity index (χ2n) is 21.4. The van der Waals surface area contributed by atoms with Crippen molar-refractivity contribution in [3.05, 3.63) is 297 Å². The zero-order valence-electron chi connectivity index (χ0n) is 44.9. The van der Waals surface area contributed by atoms with Crippen LogP contribution in [0.1, 0.15) is 5.56 Å². The van der Waals surface area contributed by atoms with E-state index in [1.165, 1.54) is 49.0 Å². The van der Waals surface area contributed by atoms with E-state index >= 15 is 0 Å². The normalized spacial score (nSPS) is 11.7. The minimum atomic E-state index is 0.636. The fourth-order valence-corrected chi connectivity index (χ4v) is 12.8. The van der Waals surface area contributed by atoms with Gasteiger partial charge in [0, 0.05) is 71.5 Å². The molecule has 0 aliphatic heterocycles. The quantitative estimate of drug-likeness (QED) is 0.145. The molecule has 0 aliphatic carbocycles. The van der Waals surface area contributed by atoms with Gasteiger partial charge in [-0.05, 0) is 120 Å². The maximum absolute atomic E-state index is 5.53.